The van der Waals surface area contributed by atoms with Gasteiger partial charge in [0.05, 0.1) is 0 Å². The maximum atomic E-state index is 6.12. The van der Waals surface area contributed by atoms with E-state index in [-0.39, 0.29) is 6.04 Å². The SMILES string of the molecule is NC(Cc1ccsc1)c1cc(Cl)ccc1Cl. The third-order valence-corrected chi connectivity index (χ3v) is 3.70. The molecular weight excluding hydrogens is 261 g/mol. The van der Waals surface area contributed by atoms with Crippen LogP contribution in [0.25, 0.3) is 0 Å². The molecular formula is C12H11Cl2NS. The minimum Gasteiger partial charge on any atom is -0.324 e. The fraction of sp³-hybridized carbons (Fsp3) is 0.167. The molecule has 0 radical (unpaired) electrons. The molecule has 0 spiro atoms. The smallest absolute Gasteiger partial charge is 0.0454 e. The van der Waals surface area contributed by atoms with Gasteiger partial charge in [0.2, 0.25) is 0 Å². The molecule has 2 rings (SSSR count). The summed E-state index contributed by atoms with van der Waals surface area (Å²) in [6.45, 7) is 0. The van der Waals surface area contributed by atoms with Gasteiger partial charge in [0.15, 0.2) is 0 Å². The highest BCUT2D eigenvalue weighted by molar-refractivity contribution is 7.07. The molecule has 0 amide bonds. The number of hydrogen-bond donors (Lipinski definition) is 1. The maximum absolute atomic E-state index is 6.12. The monoisotopic (exact) mass is 271 g/mol. The van der Waals surface area contributed by atoms with Crippen molar-refractivity contribution in [2.75, 3.05) is 0 Å². The lowest BCUT2D eigenvalue weighted by Gasteiger charge is -2.13. The molecule has 0 aliphatic rings. The van der Waals surface area contributed by atoms with Crippen LogP contribution >= 0.6 is 34.5 Å². The van der Waals surface area contributed by atoms with E-state index in [0.717, 1.165) is 12.0 Å². The lowest BCUT2D eigenvalue weighted by Crippen LogP contribution is -2.13. The fourth-order valence-corrected chi connectivity index (χ4v) is 2.69. The molecule has 16 heavy (non-hydrogen) atoms. The number of thiophene rings is 1. The van der Waals surface area contributed by atoms with Gasteiger partial charge in [-0.25, -0.2) is 0 Å². The topological polar surface area (TPSA) is 26.0 Å². The van der Waals surface area contributed by atoms with Gasteiger partial charge in [-0.15, -0.1) is 0 Å². The van der Waals surface area contributed by atoms with Gasteiger partial charge in [0.25, 0.3) is 0 Å². The van der Waals surface area contributed by atoms with E-state index in [1.165, 1.54) is 5.56 Å². The lowest BCUT2D eigenvalue weighted by atomic mass is 10.0. The Morgan fingerprint density at radius 1 is 1.25 bits per heavy atom. The van der Waals surface area contributed by atoms with E-state index in [2.05, 4.69) is 11.4 Å². The number of nitrogens with two attached hydrogens (primary N) is 1. The second-order valence-corrected chi connectivity index (χ2v) is 5.23. The van der Waals surface area contributed by atoms with Gasteiger partial charge in [0.1, 0.15) is 0 Å². The van der Waals surface area contributed by atoms with Crippen LogP contribution in [-0.4, -0.2) is 0 Å². The predicted octanol–water partition coefficient (Wildman–Crippen LogP) is 4.30. The molecule has 0 bridgehead atoms. The van der Waals surface area contributed by atoms with Crippen LogP contribution in [0.2, 0.25) is 10.0 Å². The first-order valence-electron chi connectivity index (χ1n) is 4.88. The third kappa shape index (κ3) is 2.77. The Morgan fingerprint density at radius 2 is 2.06 bits per heavy atom. The molecule has 2 N–H and O–H groups in total. The zero-order valence-electron chi connectivity index (χ0n) is 8.49. The number of halogens is 2. The summed E-state index contributed by atoms with van der Waals surface area (Å²) in [6, 6.07) is 7.35. The minimum absolute atomic E-state index is 0.110. The first-order valence-corrected chi connectivity index (χ1v) is 6.58. The standard InChI is InChI=1S/C12H11Cl2NS/c13-9-1-2-11(14)10(6-9)12(15)5-8-3-4-16-7-8/h1-4,6-7,12H,5,15H2. The Balaban J connectivity index is 2.20. The molecule has 1 unspecified atom stereocenters. The summed E-state index contributed by atoms with van der Waals surface area (Å²) in [6.07, 6.45) is 0.781. The average molecular weight is 272 g/mol. The summed E-state index contributed by atoms with van der Waals surface area (Å²) in [5.74, 6) is 0. The minimum atomic E-state index is -0.110. The zero-order chi connectivity index (χ0) is 11.5. The maximum Gasteiger partial charge on any atom is 0.0454 e. The van der Waals surface area contributed by atoms with Crippen molar-refractivity contribution >= 4 is 34.5 Å². The van der Waals surface area contributed by atoms with Gasteiger partial charge in [-0.3, -0.25) is 0 Å². The van der Waals surface area contributed by atoms with Crippen molar-refractivity contribution in [2.24, 2.45) is 5.73 Å². The van der Waals surface area contributed by atoms with Crippen molar-refractivity contribution in [3.05, 3.63) is 56.2 Å². The summed E-state index contributed by atoms with van der Waals surface area (Å²) < 4.78 is 0. The fourth-order valence-electron chi connectivity index (χ4n) is 1.57. The Labute approximate surface area is 109 Å². The highest BCUT2D eigenvalue weighted by Crippen LogP contribution is 2.27. The van der Waals surface area contributed by atoms with Crippen LogP contribution in [0, 0.1) is 0 Å². The summed E-state index contributed by atoms with van der Waals surface area (Å²) in [4.78, 5) is 0. The predicted molar refractivity (Wildman–Crippen MR) is 71.4 cm³/mol. The Bertz CT molecular complexity index is 468. The molecule has 1 aromatic heterocycles. The van der Waals surface area contributed by atoms with Crippen LogP contribution in [0.5, 0.6) is 0 Å². The van der Waals surface area contributed by atoms with Gasteiger partial charge in [0, 0.05) is 16.1 Å². The molecule has 0 aliphatic heterocycles. The summed E-state index contributed by atoms with van der Waals surface area (Å²) >= 11 is 13.7. The number of hydrogen-bond acceptors (Lipinski definition) is 2. The van der Waals surface area contributed by atoms with E-state index >= 15 is 0 Å². The lowest BCUT2D eigenvalue weighted by molar-refractivity contribution is 0.724. The molecule has 0 fully saturated rings. The van der Waals surface area contributed by atoms with E-state index < -0.39 is 0 Å². The van der Waals surface area contributed by atoms with E-state index in [9.17, 15) is 0 Å². The number of rotatable bonds is 3. The van der Waals surface area contributed by atoms with Crippen LogP contribution in [0.3, 0.4) is 0 Å². The van der Waals surface area contributed by atoms with Crippen molar-refractivity contribution in [2.45, 2.75) is 12.5 Å². The normalized spacial score (nSPS) is 12.7. The van der Waals surface area contributed by atoms with E-state index in [1.807, 2.05) is 11.4 Å². The van der Waals surface area contributed by atoms with Crippen LogP contribution in [-0.2, 0) is 6.42 Å². The molecule has 1 atom stereocenters. The average Bonchev–Trinajstić information content (AvgIpc) is 2.74. The van der Waals surface area contributed by atoms with Crippen molar-refractivity contribution in [3.63, 3.8) is 0 Å². The third-order valence-electron chi connectivity index (χ3n) is 2.39. The Kier molecular flexibility index (Phi) is 3.87. The largest absolute Gasteiger partial charge is 0.324 e. The van der Waals surface area contributed by atoms with E-state index in [1.54, 1.807) is 23.5 Å². The molecule has 84 valence electrons. The van der Waals surface area contributed by atoms with Crippen LogP contribution in [0.4, 0.5) is 0 Å². The summed E-state index contributed by atoms with van der Waals surface area (Å²) in [5.41, 5.74) is 8.25. The first-order chi connectivity index (χ1) is 7.66. The summed E-state index contributed by atoms with van der Waals surface area (Å²) in [5, 5.41) is 5.48. The second kappa shape index (κ2) is 5.19. The summed E-state index contributed by atoms with van der Waals surface area (Å²) in [7, 11) is 0. The molecule has 0 saturated carbocycles. The van der Waals surface area contributed by atoms with Crippen LogP contribution < -0.4 is 5.73 Å². The first kappa shape index (κ1) is 11.9. The molecule has 1 aromatic carbocycles. The van der Waals surface area contributed by atoms with Gasteiger partial charge in [-0.1, -0.05) is 23.2 Å². The van der Waals surface area contributed by atoms with Crippen LogP contribution in [0.15, 0.2) is 35.0 Å². The van der Waals surface area contributed by atoms with E-state index in [4.69, 9.17) is 28.9 Å². The highest BCUT2D eigenvalue weighted by Gasteiger charge is 2.11. The highest BCUT2D eigenvalue weighted by atomic mass is 35.5. The Hall–Kier alpha value is -0.540. The molecule has 4 heteroatoms. The number of benzene rings is 1. The molecule has 0 aliphatic carbocycles. The quantitative estimate of drug-likeness (QED) is 0.885. The molecule has 1 nitrogen and oxygen atoms in total. The van der Waals surface area contributed by atoms with Gasteiger partial charge in [-0.05, 0) is 52.6 Å². The van der Waals surface area contributed by atoms with Crippen molar-refractivity contribution in [1.82, 2.24) is 0 Å². The molecule has 1 heterocycles. The Morgan fingerprint density at radius 3 is 2.75 bits per heavy atom. The van der Waals surface area contributed by atoms with Crippen molar-refractivity contribution in [1.29, 1.82) is 0 Å². The van der Waals surface area contributed by atoms with Crippen LogP contribution in [0.1, 0.15) is 17.2 Å². The van der Waals surface area contributed by atoms with Crippen molar-refractivity contribution in [3.8, 4) is 0 Å². The molecule has 2 aromatic rings. The van der Waals surface area contributed by atoms with Crippen molar-refractivity contribution < 1.29 is 0 Å². The zero-order valence-corrected chi connectivity index (χ0v) is 10.8. The van der Waals surface area contributed by atoms with Gasteiger partial charge >= 0.3 is 0 Å². The molecule has 0 saturated heterocycles. The van der Waals surface area contributed by atoms with Gasteiger partial charge < -0.3 is 5.73 Å². The second-order valence-electron chi connectivity index (χ2n) is 3.61. The van der Waals surface area contributed by atoms with Gasteiger partial charge in [-0.2, -0.15) is 11.3 Å². The van der Waals surface area contributed by atoms with E-state index in [0.29, 0.717) is 10.0 Å².